The number of amides is 3. The number of hydrogen-bond donors (Lipinski definition) is 2. The summed E-state index contributed by atoms with van der Waals surface area (Å²) >= 11 is 0. The quantitative estimate of drug-likeness (QED) is 0.576. The number of anilines is 1. The average molecular weight is 561 g/mol. The third kappa shape index (κ3) is 7.63. The van der Waals surface area contributed by atoms with Crippen molar-refractivity contribution in [3.05, 3.63) is 53.6 Å². The molecular formula is C28H40N4O6S. The molecule has 0 aromatic heterocycles. The van der Waals surface area contributed by atoms with Gasteiger partial charge in [-0.2, -0.15) is 0 Å². The van der Waals surface area contributed by atoms with E-state index < -0.39 is 10.0 Å². The molecule has 0 saturated carbocycles. The molecular weight excluding hydrogens is 520 g/mol. The predicted molar refractivity (Wildman–Crippen MR) is 151 cm³/mol. The van der Waals surface area contributed by atoms with Gasteiger partial charge < -0.3 is 24.6 Å². The molecule has 3 rings (SSSR count). The van der Waals surface area contributed by atoms with Gasteiger partial charge in [-0.15, -0.1) is 0 Å². The SMILES string of the molecule is CO[C@@H]1CN(C)C(=O)c2cc(NS(=O)(=O)c3ccc(C)cc3)ccc2OC[C@@H](C)N(C(=O)NC(C)C)C[C@@H]1C. The van der Waals surface area contributed by atoms with Gasteiger partial charge in [0, 0.05) is 44.9 Å². The van der Waals surface area contributed by atoms with Gasteiger partial charge in [0.1, 0.15) is 12.4 Å². The third-order valence-corrected chi connectivity index (χ3v) is 8.10. The van der Waals surface area contributed by atoms with Crippen LogP contribution in [0.15, 0.2) is 47.4 Å². The summed E-state index contributed by atoms with van der Waals surface area (Å²) in [6, 6.07) is 10.5. The lowest BCUT2D eigenvalue weighted by molar-refractivity contribution is 0.0165. The number of hydrogen-bond acceptors (Lipinski definition) is 6. The molecule has 0 spiro atoms. The molecule has 214 valence electrons. The van der Waals surface area contributed by atoms with Crippen molar-refractivity contribution in [2.45, 2.75) is 57.7 Å². The first kappa shape index (κ1) is 30.2. The Morgan fingerprint density at radius 3 is 2.38 bits per heavy atom. The summed E-state index contributed by atoms with van der Waals surface area (Å²) in [5.41, 5.74) is 1.38. The summed E-state index contributed by atoms with van der Waals surface area (Å²) in [6.07, 6.45) is -0.340. The van der Waals surface area contributed by atoms with Crippen LogP contribution in [-0.2, 0) is 14.8 Å². The molecule has 0 fully saturated rings. The second-order valence-electron chi connectivity index (χ2n) is 10.5. The van der Waals surface area contributed by atoms with Gasteiger partial charge in [0.2, 0.25) is 0 Å². The predicted octanol–water partition coefficient (Wildman–Crippen LogP) is 3.72. The van der Waals surface area contributed by atoms with E-state index in [1.807, 2.05) is 34.6 Å². The number of carbonyl (C=O) groups excluding carboxylic acids is 2. The van der Waals surface area contributed by atoms with E-state index >= 15 is 0 Å². The fourth-order valence-electron chi connectivity index (χ4n) is 4.38. The number of rotatable bonds is 5. The second-order valence-corrected chi connectivity index (χ2v) is 12.2. The zero-order valence-corrected chi connectivity index (χ0v) is 24.5. The molecule has 0 aliphatic carbocycles. The number of ether oxygens (including phenoxy) is 2. The molecule has 39 heavy (non-hydrogen) atoms. The summed E-state index contributed by atoms with van der Waals surface area (Å²) < 4.78 is 40.3. The van der Waals surface area contributed by atoms with Crippen LogP contribution in [0.4, 0.5) is 10.5 Å². The molecule has 0 bridgehead atoms. The van der Waals surface area contributed by atoms with Crippen molar-refractivity contribution in [2.75, 3.05) is 38.6 Å². The van der Waals surface area contributed by atoms with Crippen molar-refractivity contribution in [1.82, 2.24) is 15.1 Å². The Hall–Kier alpha value is -3.31. The number of nitrogens with zero attached hydrogens (tertiary/aromatic N) is 2. The first-order valence-corrected chi connectivity index (χ1v) is 14.5. The lowest BCUT2D eigenvalue weighted by atomic mass is 10.0. The highest BCUT2D eigenvalue weighted by atomic mass is 32.2. The smallest absolute Gasteiger partial charge is 0.317 e. The summed E-state index contributed by atoms with van der Waals surface area (Å²) in [4.78, 5) is 30.0. The fraction of sp³-hybridized carbons (Fsp3) is 0.500. The van der Waals surface area contributed by atoms with Crippen molar-refractivity contribution in [3.8, 4) is 5.75 Å². The Balaban J connectivity index is 1.97. The van der Waals surface area contributed by atoms with Gasteiger partial charge in [0.25, 0.3) is 15.9 Å². The first-order valence-electron chi connectivity index (χ1n) is 13.0. The summed E-state index contributed by atoms with van der Waals surface area (Å²) in [5, 5.41) is 2.95. The average Bonchev–Trinajstić information content (AvgIpc) is 2.87. The number of methoxy groups -OCH3 is 1. The molecule has 2 aromatic rings. The van der Waals surface area contributed by atoms with Crippen LogP contribution in [0.2, 0.25) is 0 Å². The van der Waals surface area contributed by atoms with Crippen molar-refractivity contribution in [1.29, 1.82) is 0 Å². The molecule has 0 unspecified atom stereocenters. The van der Waals surface area contributed by atoms with Crippen LogP contribution in [0, 0.1) is 12.8 Å². The summed E-state index contributed by atoms with van der Waals surface area (Å²) in [5.74, 6) is -0.126. The fourth-order valence-corrected chi connectivity index (χ4v) is 5.43. The normalized spacial score (nSPS) is 20.9. The molecule has 3 atom stereocenters. The number of fused-ring (bicyclic) bond motifs is 1. The lowest BCUT2D eigenvalue weighted by Gasteiger charge is -2.36. The molecule has 0 radical (unpaired) electrons. The maximum atomic E-state index is 13.6. The molecule has 2 N–H and O–H groups in total. The third-order valence-electron chi connectivity index (χ3n) is 6.70. The van der Waals surface area contributed by atoms with Crippen molar-refractivity contribution in [2.24, 2.45) is 5.92 Å². The number of sulfonamides is 1. The van der Waals surface area contributed by atoms with E-state index in [0.29, 0.717) is 12.3 Å². The Kier molecular flexibility index (Phi) is 9.84. The van der Waals surface area contributed by atoms with Crippen LogP contribution >= 0.6 is 0 Å². The highest BCUT2D eigenvalue weighted by Gasteiger charge is 2.31. The molecule has 2 aromatic carbocycles. The van der Waals surface area contributed by atoms with E-state index in [2.05, 4.69) is 10.0 Å². The second kappa shape index (κ2) is 12.7. The van der Waals surface area contributed by atoms with E-state index in [4.69, 9.17) is 9.47 Å². The van der Waals surface area contributed by atoms with Gasteiger partial charge in [-0.25, -0.2) is 13.2 Å². The van der Waals surface area contributed by atoms with Gasteiger partial charge in [0.15, 0.2) is 0 Å². The highest BCUT2D eigenvalue weighted by molar-refractivity contribution is 7.92. The lowest BCUT2D eigenvalue weighted by Crippen LogP contribution is -2.52. The van der Waals surface area contributed by atoms with Gasteiger partial charge in [-0.05, 0) is 58.0 Å². The number of carbonyl (C=O) groups is 2. The van der Waals surface area contributed by atoms with Gasteiger partial charge in [-0.1, -0.05) is 24.6 Å². The molecule has 1 aliphatic rings. The highest BCUT2D eigenvalue weighted by Crippen LogP contribution is 2.28. The van der Waals surface area contributed by atoms with Crippen LogP contribution in [0.1, 0.15) is 43.6 Å². The van der Waals surface area contributed by atoms with Crippen molar-refractivity contribution >= 4 is 27.6 Å². The first-order chi connectivity index (χ1) is 18.3. The van der Waals surface area contributed by atoms with E-state index in [0.717, 1.165) is 5.56 Å². The number of urea groups is 1. The maximum Gasteiger partial charge on any atom is 0.317 e. The monoisotopic (exact) mass is 560 g/mol. The van der Waals surface area contributed by atoms with Gasteiger partial charge in [0.05, 0.1) is 22.6 Å². The minimum absolute atomic E-state index is 0.0351. The maximum absolute atomic E-state index is 13.6. The van der Waals surface area contributed by atoms with E-state index in [1.54, 1.807) is 43.3 Å². The number of benzene rings is 2. The minimum Gasteiger partial charge on any atom is -0.491 e. The largest absolute Gasteiger partial charge is 0.491 e. The van der Waals surface area contributed by atoms with E-state index in [-0.39, 0.29) is 65.3 Å². The zero-order chi connectivity index (χ0) is 28.9. The van der Waals surface area contributed by atoms with E-state index in [1.165, 1.54) is 23.1 Å². The molecule has 0 saturated heterocycles. The Labute approximate surface area is 231 Å². The standard InChI is InChI=1S/C28H40N4O6S/c1-18(2)29-28(34)32-15-20(4)26(37-7)16-31(6)27(33)24-14-22(10-13-25(24)38-17-21(32)5)30-39(35,36)23-11-8-19(3)9-12-23/h8-14,18,20-21,26,30H,15-17H2,1-7H3,(H,29,34)/t20-,21+,26+/m0/s1. The van der Waals surface area contributed by atoms with Gasteiger partial charge in [-0.3, -0.25) is 9.52 Å². The van der Waals surface area contributed by atoms with E-state index in [9.17, 15) is 18.0 Å². The summed E-state index contributed by atoms with van der Waals surface area (Å²) in [7, 11) is -0.626. The molecule has 11 heteroatoms. The topological polar surface area (TPSA) is 117 Å². The van der Waals surface area contributed by atoms with Crippen LogP contribution in [0.3, 0.4) is 0 Å². The molecule has 1 heterocycles. The summed E-state index contributed by atoms with van der Waals surface area (Å²) in [6.45, 7) is 10.4. The Bertz CT molecular complexity index is 1270. The number of nitrogens with one attached hydrogen (secondary N) is 2. The van der Waals surface area contributed by atoms with Crippen LogP contribution in [0.5, 0.6) is 5.75 Å². The van der Waals surface area contributed by atoms with Crippen LogP contribution < -0.4 is 14.8 Å². The zero-order valence-electron chi connectivity index (χ0n) is 23.7. The van der Waals surface area contributed by atoms with Crippen molar-refractivity contribution in [3.63, 3.8) is 0 Å². The van der Waals surface area contributed by atoms with Gasteiger partial charge >= 0.3 is 6.03 Å². The Morgan fingerprint density at radius 2 is 1.77 bits per heavy atom. The minimum atomic E-state index is -3.87. The molecule has 1 aliphatic heterocycles. The molecule has 3 amide bonds. The van der Waals surface area contributed by atoms with Crippen molar-refractivity contribution < 1.29 is 27.5 Å². The van der Waals surface area contributed by atoms with Crippen LogP contribution in [0.25, 0.3) is 0 Å². The number of likely N-dealkylation sites (N-methyl/N-ethyl adjacent to an activating group) is 1. The molecule has 10 nitrogen and oxygen atoms in total. The Morgan fingerprint density at radius 1 is 1.10 bits per heavy atom. The van der Waals surface area contributed by atoms with Crippen LogP contribution in [-0.4, -0.2) is 82.2 Å². The number of aryl methyl sites for hydroxylation is 1.